The summed E-state index contributed by atoms with van der Waals surface area (Å²) in [6.45, 7) is 8.60. The number of unbranched alkanes of at least 4 members (excludes halogenated alkanes) is 8. The summed E-state index contributed by atoms with van der Waals surface area (Å²) in [5, 5.41) is 2.56. The molecule has 0 spiro atoms. The van der Waals surface area contributed by atoms with Crippen molar-refractivity contribution >= 4 is 12.1 Å². The highest BCUT2D eigenvalue weighted by molar-refractivity contribution is 5.81. The number of amides is 1. The molecule has 0 fully saturated rings. The number of hydrogen-bond donors (Lipinski definition) is 1. The molecule has 0 heterocycles. The van der Waals surface area contributed by atoms with Crippen molar-refractivity contribution in [2.45, 2.75) is 90.5 Å². The highest BCUT2D eigenvalue weighted by Crippen LogP contribution is 2.08. The van der Waals surface area contributed by atoms with Gasteiger partial charge < -0.3 is 14.8 Å². The van der Waals surface area contributed by atoms with E-state index in [1.54, 1.807) is 6.08 Å². The quantitative estimate of drug-likeness (QED) is 0.236. The Bertz CT molecular complexity index is 358. The van der Waals surface area contributed by atoms with Gasteiger partial charge in [0.2, 0.25) is 0 Å². The van der Waals surface area contributed by atoms with Crippen molar-refractivity contribution in [3.63, 3.8) is 0 Å². The van der Waals surface area contributed by atoms with Gasteiger partial charge >= 0.3 is 12.1 Å². The Morgan fingerprint density at radius 3 is 2.04 bits per heavy atom. The van der Waals surface area contributed by atoms with Gasteiger partial charge in [-0.1, -0.05) is 71.3 Å². The van der Waals surface area contributed by atoms with Crippen LogP contribution in [-0.2, 0) is 14.3 Å². The summed E-state index contributed by atoms with van der Waals surface area (Å²) in [7, 11) is 0. The number of carbonyl (C=O) groups excluding carboxylic acids is 2. The van der Waals surface area contributed by atoms with E-state index in [0.717, 1.165) is 25.7 Å². The predicted molar refractivity (Wildman–Crippen MR) is 102 cm³/mol. The molecule has 5 heteroatoms. The normalized spacial score (nSPS) is 11.6. The molecule has 0 aliphatic heterocycles. The Morgan fingerprint density at radius 1 is 0.880 bits per heavy atom. The minimum Gasteiger partial charge on any atom is -0.464 e. The fourth-order valence-corrected chi connectivity index (χ4v) is 2.38. The maximum absolute atomic E-state index is 11.9. The first-order valence-electron chi connectivity index (χ1n) is 9.86. The summed E-state index contributed by atoms with van der Waals surface area (Å²) in [5.41, 5.74) is 0. The first kappa shape index (κ1) is 23.5. The Morgan fingerprint density at radius 2 is 1.44 bits per heavy atom. The molecule has 0 saturated carbocycles. The average molecular weight is 356 g/mol. The van der Waals surface area contributed by atoms with Gasteiger partial charge in [0, 0.05) is 0 Å². The molecule has 1 N–H and O–H groups in total. The van der Waals surface area contributed by atoms with Crippen LogP contribution < -0.4 is 5.32 Å². The largest absolute Gasteiger partial charge is 0.464 e. The van der Waals surface area contributed by atoms with E-state index in [2.05, 4.69) is 18.8 Å². The monoisotopic (exact) mass is 355 g/mol. The summed E-state index contributed by atoms with van der Waals surface area (Å²) in [4.78, 5) is 23.7. The van der Waals surface area contributed by atoms with Gasteiger partial charge in [-0.25, -0.2) is 9.59 Å². The summed E-state index contributed by atoms with van der Waals surface area (Å²) in [6, 6.07) is -0.722. The van der Waals surface area contributed by atoms with Crippen LogP contribution >= 0.6 is 0 Å². The van der Waals surface area contributed by atoms with E-state index in [0.29, 0.717) is 19.6 Å². The maximum atomic E-state index is 11.9. The van der Waals surface area contributed by atoms with Gasteiger partial charge in [0.15, 0.2) is 0 Å². The number of hydrogen-bond acceptors (Lipinski definition) is 4. The molecule has 0 aromatic heterocycles. The third kappa shape index (κ3) is 14.5. The topological polar surface area (TPSA) is 64.6 Å². The number of nitrogens with one attached hydrogen (secondary N) is 1. The predicted octanol–water partition coefficient (Wildman–Crippen LogP) is 5.14. The van der Waals surface area contributed by atoms with E-state index < -0.39 is 18.1 Å². The van der Waals surface area contributed by atoms with Gasteiger partial charge in [0.05, 0.1) is 13.2 Å². The van der Waals surface area contributed by atoms with Crippen LogP contribution in [0.3, 0.4) is 0 Å². The second-order valence-corrected chi connectivity index (χ2v) is 6.35. The van der Waals surface area contributed by atoms with Gasteiger partial charge in [-0.15, -0.1) is 6.58 Å². The number of alkyl carbamates (subject to hydrolysis) is 1. The van der Waals surface area contributed by atoms with Crippen molar-refractivity contribution in [1.29, 1.82) is 0 Å². The van der Waals surface area contributed by atoms with E-state index in [4.69, 9.17) is 9.47 Å². The molecule has 146 valence electrons. The lowest BCUT2D eigenvalue weighted by molar-refractivity contribution is -0.146. The summed E-state index contributed by atoms with van der Waals surface area (Å²) in [5.74, 6) is -0.433. The Kier molecular flexibility index (Phi) is 16.3. The van der Waals surface area contributed by atoms with Gasteiger partial charge in [0.25, 0.3) is 0 Å². The zero-order valence-corrected chi connectivity index (χ0v) is 16.2. The van der Waals surface area contributed by atoms with E-state index >= 15 is 0 Å². The van der Waals surface area contributed by atoms with Crippen molar-refractivity contribution in [3.8, 4) is 0 Å². The molecule has 0 aliphatic rings. The molecular formula is C20H37NO4. The van der Waals surface area contributed by atoms with E-state index in [9.17, 15) is 9.59 Å². The lowest BCUT2D eigenvalue weighted by Gasteiger charge is -2.16. The van der Waals surface area contributed by atoms with Gasteiger partial charge in [-0.05, 0) is 19.3 Å². The molecule has 0 aromatic rings. The zero-order chi connectivity index (χ0) is 18.8. The minimum atomic E-state index is -0.722. The summed E-state index contributed by atoms with van der Waals surface area (Å²) >= 11 is 0. The van der Waals surface area contributed by atoms with Crippen molar-refractivity contribution < 1.29 is 19.1 Å². The molecular weight excluding hydrogens is 318 g/mol. The summed E-state index contributed by atoms with van der Waals surface area (Å²) in [6.07, 6.45) is 12.6. The van der Waals surface area contributed by atoms with Crippen LogP contribution in [0.5, 0.6) is 0 Å². The Hall–Kier alpha value is -1.52. The number of carbonyl (C=O) groups is 2. The van der Waals surface area contributed by atoms with E-state index in [1.165, 1.54) is 38.5 Å². The highest BCUT2D eigenvalue weighted by Gasteiger charge is 2.21. The van der Waals surface area contributed by atoms with Gasteiger partial charge in [-0.2, -0.15) is 0 Å². The van der Waals surface area contributed by atoms with Gasteiger partial charge in [0.1, 0.15) is 6.04 Å². The molecule has 0 radical (unpaired) electrons. The fourth-order valence-electron chi connectivity index (χ4n) is 2.38. The highest BCUT2D eigenvalue weighted by atomic mass is 16.6. The lowest BCUT2D eigenvalue weighted by Crippen LogP contribution is -2.42. The standard InChI is InChI=1S/C20H37NO4/c1-4-7-9-10-11-12-13-14-17-25-20(23)21-18(15-6-3)19(22)24-16-8-5-2/h6,18H,3-5,7-17H2,1-2H3,(H,21,23). The molecule has 0 rings (SSSR count). The molecule has 1 amide bonds. The van der Waals surface area contributed by atoms with Crippen molar-refractivity contribution in [3.05, 3.63) is 12.7 Å². The second-order valence-electron chi connectivity index (χ2n) is 6.35. The molecule has 0 aliphatic carbocycles. The van der Waals surface area contributed by atoms with Crippen LogP contribution in [0.15, 0.2) is 12.7 Å². The second kappa shape index (κ2) is 17.3. The Labute approximate surface area is 153 Å². The number of ether oxygens (including phenoxy) is 2. The third-order valence-electron chi connectivity index (χ3n) is 3.95. The average Bonchev–Trinajstić information content (AvgIpc) is 2.60. The van der Waals surface area contributed by atoms with Crippen LogP contribution in [0, 0.1) is 0 Å². The Balaban J connectivity index is 3.80. The first-order valence-corrected chi connectivity index (χ1v) is 9.86. The van der Waals surface area contributed by atoms with Crippen LogP contribution in [0.1, 0.15) is 84.5 Å². The fraction of sp³-hybridized carbons (Fsp3) is 0.800. The molecule has 25 heavy (non-hydrogen) atoms. The number of rotatable bonds is 16. The van der Waals surface area contributed by atoms with Crippen LogP contribution in [0.25, 0.3) is 0 Å². The molecule has 0 aromatic carbocycles. The van der Waals surface area contributed by atoms with E-state index in [-0.39, 0.29) is 0 Å². The third-order valence-corrected chi connectivity index (χ3v) is 3.95. The van der Waals surface area contributed by atoms with Crippen molar-refractivity contribution in [1.82, 2.24) is 5.32 Å². The maximum Gasteiger partial charge on any atom is 0.407 e. The van der Waals surface area contributed by atoms with Crippen LogP contribution in [-0.4, -0.2) is 31.3 Å². The summed E-state index contributed by atoms with van der Waals surface area (Å²) < 4.78 is 10.3. The molecule has 1 unspecified atom stereocenters. The molecule has 1 atom stereocenters. The zero-order valence-electron chi connectivity index (χ0n) is 16.2. The van der Waals surface area contributed by atoms with E-state index in [1.807, 2.05) is 6.92 Å². The van der Waals surface area contributed by atoms with Crippen molar-refractivity contribution in [2.24, 2.45) is 0 Å². The van der Waals surface area contributed by atoms with Crippen LogP contribution in [0.2, 0.25) is 0 Å². The van der Waals surface area contributed by atoms with Crippen LogP contribution in [0.4, 0.5) is 4.79 Å². The molecule has 0 bridgehead atoms. The number of esters is 1. The first-order chi connectivity index (χ1) is 12.2. The minimum absolute atomic E-state index is 0.331. The van der Waals surface area contributed by atoms with Crippen molar-refractivity contribution in [2.75, 3.05) is 13.2 Å². The smallest absolute Gasteiger partial charge is 0.407 e. The van der Waals surface area contributed by atoms with Gasteiger partial charge in [-0.3, -0.25) is 0 Å². The molecule has 5 nitrogen and oxygen atoms in total. The SMILES string of the molecule is C=CCC(NC(=O)OCCCCCCCCCC)C(=O)OCCCC. The lowest BCUT2D eigenvalue weighted by atomic mass is 10.1. The molecule has 0 saturated heterocycles.